The Hall–Kier alpha value is -0.850. The van der Waals surface area contributed by atoms with Crippen LogP contribution in [-0.2, 0) is 5.75 Å². The van der Waals surface area contributed by atoms with Crippen molar-refractivity contribution in [3.05, 3.63) is 33.2 Å². The smallest absolute Gasteiger partial charge is 0.258 e. The highest BCUT2D eigenvalue weighted by Gasteiger charge is 2.07. The molecule has 2 heterocycles. The number of aryl methyl sites for hydroxylation is 1. The zero-order chi connectivity index (χ0) is 12.4. The van der Waals surface area contributed by atoms with Gasteiger partial charge < -0.3 is 5.73 Å². The SMILES string of the molecule is Cc1csc2nc(CSC(C)CN)cc(=O)n12. The monoisotopic (exact) mass is 269 g/mol. The van der Waals surface area contributed by atoms with Crippen LogP contribution in [0.1, 0.15) is 18.3 Å². The maximum absolute atomic E-state index is 11.9. The van der Waals surface area contributed by atoms with Crippen molar-refractivity contribution in [2.24, 2.45) is 5.73 Å². The van der Waals surface area contributed by atoms with E-state index in [4.69, 9.17) is 5.73 Å². The first kappa shape index (κ1) is 12.6. The summed E-state index contributed by atoms with van der Waals surface area (Å²) < 4.78 is 1.64. The van der Waals surface area contributed by atoms with Crippen LogP contribution in [0.2, 0.25) is 0 Å². The number of nitrogens with zero attached hydrogens (tertiary/aromatic N) is 2. The fourth-order valence-electron chi connectivity index (χ4n) is 1.47. The van der Waals surface area contributed by atoms with Crippen LogP contribution in [0.5, 0.6) is 0 Å². The van der Waals surface area contributed by atoms with E-state index in [1.807, 2.05) is 12.3 Å². The highest BCUT2D eigenvalue weighted by molar-refractivity contribution is 7.99. The fourth-order valence-corrected chi connectivity index (χ4v) is 3.10. The van der Waals surface area contributed by atoms with Gasteiger partial charge in [0, 0.05) is 34.7 Å². The van der Waals surface area contributed by atoms with Gasteiger partial charge in [0.15, 0.2) is 4.96 Å². The molecule has 0 bridgehead atoms. The van der Waals surface area contributed by atoms with Gasteiger partial charge in [-0.1, -0.05) is 6.92 Å². The molecule has 2 N–H and O–H groups in total. The molecule has 0 saturated heterocycles. The molecule has 0 spiro atoms. The van der Waals surface area contributed by atoms with Gasteiger partial charge in [0.1, 0.15) is 0 Å². The predicted molar refractivity (Wildman–Crippen MR) is 73.9 cm³/mol. The molecule has 0 fully saturated rings. The van der Waals surface area contributed by atoms with Gasteiger partial charge in [0.25, 0.3) is 5.56 Å². The minimum Gasteiger partial charge on any atom is -0.329 e. The Morgan fingerprint density at radius 3 is 3.12 bits per heavy atom. The topological polar surface area (TPSA) is 60.4 Å². The second kappa shape index (κ2) is 5.20. The number of nitrogens with two attached hydrogens (primary N) is 1. The first-order valence-corrected chi connectivity index (χ1v) is 7.33. The van der Waals surface area contributed by atoms with Crippen LogP contribution >= 0.6 is 23.1 Å². The summed E-state index contributed by atoms with van der Waals surface area (Å²) >= 11 is 3.22. The molecule has 0 aliphatic rings. The highest BCUT2D eigenvalue weighted by atomic mass is 32.2. The molecule has 1 atom stereocenters. The van der Waals surface area contributed by atoms with Gasteiger partial charge in [-0.05, 0) is 6.92 Å². The lowest BCUT2D eigenvalue weighted by Gasteiger charge is -2.07. The fraction of sp³-hybridized carbons (Fsp3) is 0.455. The van der Waals surface area contributed by atoms with E-state index in [0.717, 1.165) is 22.1 Å². The lowest BCUT2D eigenvalue weighted by molar-refractivity contribution is 0.946. The molecule has 1 unspecified atom stereocenters. The summed E-state index contributed by atoms with van der Waals surface area (Å²) in [5, 5.41) is 2.34. The van der Waals surface area contributed by atoms with Gasteiger partial charge in [-0.3, -0.25) is 9.20 Å². The average molecular weight is 269 g/mol. The van der Waals surface area contributed by atoms with E-state index in [9.17, 15) is 4.79 Å². The number of hydrogen-bond donors (Lipinski definition) is 1. The maximum atomic E-state index is 11.9. The molecule has 2 rings (SSSR count). The summed E-state index contributed by atoms with van der Waals surface area (Å²) in [6.07, 6.45) is 0. The molecule has 0 radical (unpaired) electrons. The Morgan fingerprint density at radius 2 is 2.41 bits per heavy atom. The summed E-state index contributed by atoms with van der Waals surface area (Å²) in [6.45, 7) is 4.63. The lowest BCUT2D eigenvalue weighted by atomic mass is 10.4. The Balaban J connectivity index is 2.28. The molecular weight excluding hydrogens is 254 g/mol. The standard InChI is InChI=1S/C11H15N3OS2/c1-7-5-17-11-13-9(3-10(15)14(7)11)6-16-8(2)4-12/h3,5,8H,4,6,12H2,1-2H3. The van der Waals surface area contributed by atoms with Crippen LogP contribution < -0.4 is 11.3 Å². The molecule has 0 saturated carbocycles. The Bertz CT molecular complexity index is 576. The molecular formula is C11H15N3OS2. The summed E-state index contributed by atoms with van der Waals surface area (Å²) in [4.78, 5) is 17.1. The third kappa shape index (κ3) is 2.70. The normalized spacial score (nSPS) is 13.1. The van der Waals surface area contributed by atoms with E-state index >= 15 is 0 Å². The number of aromatic nitrogens is 2. The predicted octanol–water partition coefficient (Wildman–Crippen LogP) is 1.64. The molecule has 0 aliphatic carbocycles. The summed E-state index contributed by atoms with van der Waals surface area (Å²) in [7, 11) is 0. The Morgan fingerprint density at radius 1 is 1.65 bits per heavy atom. The number of fused-ring (bicyclic) bond motifs is 1. The number of hydrogen-bond acceptors (Lipinski definition) is 5. The van der Waals surface area contributed by atoms with Crippen molar-refractivity contribution in [3.63, 3.8) is 0 Å². The molecule has 0 aliphatic heterocycles. The van der Waals surface area contributed by atoms with Gasteiger partial charge in [0.05, 0.1) is 5.69 Å². The van der Waals surface area contributed by atoms with Crippen LogP contribution in [0.25, 0.3) is 4.96 Å². The lowest BCUT2D eigenvalue weighted by Crippen LogP contribution is -2.16. The van der Waals surface area contributed by atoms with Gasteiger partial charge >= 0.3 is 0 Å². The van der Waals surface area contributed by atoms with E-state index in [0.29, 0.717) is 11.8 Å². The van der Waals surface area contributed by atoms with E-state index in [-0.39, 0.29) is 5.56 Å². The first-order chi connectivity index (χ1) is 8.11. The van der Waals surface area contributed by atoms with Crippen molar-refractivity contribution in [3.8, 4) is 0 Å². The molecule has 6 heteroatoms. The third-order valence-corrected chi connectivity index (χ3v) is 4.64. The Kier molecular flexibility index (Phi) is 3.86. The second-order valence-electron chi connectivity index (χ2n) is 3.94. The quantitative estimate of drug-likeness (QED) is 0.916. The van der Waals surface area contributed by atoms with Crippen LogP contribution in [0, 0.1) is 6.92 Å². The zero-order valence-electron chi connectivity index (χ0n) is 9.84. The van der Waals surface area contributed by atoms with Crippen molar-refractivity contribution in [2.45, 2.75) is 24.9 Å². The van der Waals surface area contributed by atoms with Gasteiger partial charge in [-0.15, -0.1) is 11.3 Å². The van der Waals surface area contributed by atoms with E-state index in [2.05, 4.69) is 11.9 Å². The van der Waals surface area contributed by atoms with Crippen molar-refractivity contribution in [1.82, 2.24) is 9.38 Å². The zero-order valence-corrected chi connectivity index (χ0v) is 11.5. The molecule has 17 heavy (non-hydrogen) atoms. The van der Waals surface area contributed by atoms with Crippen molar-refractivity contribution in [1.29, 1.82) is 0 Å². The minimum absolute atomic E-state index is 0.00440. The van der Waals surface area contributed by atoms with Crippen LogP contribution in [0.15, 0.2) is 16.2 Å². The van der Waals surface area contributed by atoms with Crippen molar-refractivity contribution in [2.75, 3.05) is 6.54 Å². The summed E-state index contributed by atoms with van der Waals surface area (Å²) in [5.41, 5.74) is 7.34. The average Bonchev–Trinajstić information content (AvgIpc) is 2.68. The molecule has 92 valence electrons. The summed E-state index contributed by atoms with van der Waals surface area (Å²) in [5.74, 6) is 0.737. The van der Waals surface area contributed by atoms with E-state index in [1.165, 1.54) is 11.3 Å². The molecule has 4 nitrogen and oxygen atoms in total. The van der Waals surface area contributed by atoms with E-state index < -0.39 is 0 Å². The Labute approximate surface area is 108 Å². The van der Waals surface area contributed by atoms with E-state index in [1.54, 1.807) is 22.2 Å². The van der Waals surface area contributed by atoms with Crippen LogP contribution in [0.3, 0.4) is 0 Å². The van der Waals surface area contributed by atoms with Crippen LogP contribution in [0.4, 0.5) is 0 Å². The molecule has 0 aromatic carbocycles. The van der Waals surface area contributed by atoms with Gasteiger partial charge in [-0.2, -0.15) is 11.8 Å². The minimum atomic E-state index is 0.00440. The third-order valence-electron chi connectivity index (χ3n) is 2.48. The number of rotatable bonds is 4. The molecule has 0 amide bonds. The van der Waals surface area contributed by atoms with Gasteiger partial charge in [0.2, 0.25) is 0 Å². The molecule has 2 aromatic rings. The molecule has 2 aromatic heterocycles. The highest BCUT2D eigenvalue weighted by Crippen LogP contribution is 2.17. The van der Waals surface area contributed by atoms with Crippen molar-refractivity contribution < 1.29 is 0 Å². The number of thiazole rings is 1. The number of thioether (sulfide) groups is 1. The maximum Gasteiger partial charge on any atom is 0.258 e. The second-order valence-corrected chi connectivity index (χ2v) is 6.20. The van der Waals surface area contributed by atoms with Crippen molar-refractivity contribution >= 4 is 28.1 Å². The summed E-state index contributed by atoms with van der Waals surface area (Å²) in [6, 6.07) is 1.61. The van der Waals surface area contributed by atoms with Crippen LogP contribution in [-0.4, -0.2) is 21.2 Å². The van der Waals surface area contributed by atoms with Gasteiger partial charge in [-0.25, -0.2) is 4.98 Å². The largest absolute Gasteiger partial charge is 0.329 e. The first-order valence-electron chi connectivity index (χ1n) is 5.40.